The van der Waals surface area contributed by atoms with Crippen molar-refractivity contribution in [2.24, 2.45) is 5.92 Å². The second kappa shape index (κ2) is 6.68. The van der Waals surface area contributed by atoms with Crippen LogP contribution in [0.3, 0.4) is 0 Å². The Morgan fingerprint density at radius 1 is 1.42 bits per heavy atom. The number of aliphatic carboxylic acids is 1. The van der Waals surface area contributed by atoms with Crippen LogP contribution in [0.25, 0.3) is 0 Å². The molecule has 19 heavy (non-hydrogen) atoms. The Kier molecular flexibility index (Phi) is 5.50. The van der Waals surface area contributed by atoms with Crippen LogP contribution in [0.1, 0.15) is 25.3 Å². The number of hydrogen-bond acceptors (Lipinski definition) is 3. The van der Waals surface area contributed by atoms with Gasteiger partial charge in [-0.1, -0.05) is 19.1 Å². The van der Waals surface area contributed by atoms with Gasteiger partial charge in [0, 0.05) is 6.54 Å². The molecule has 0 amide bonds. The van der Waals surface area contributed by atoms with E-state index in [2.05, 4.69) is 4.72 Å². The number of aryl methyl sites for hydroxylation is 1. The maximum absolute atomic E-state index is 11.9. The zero-order chi connectivity index (χ0) is 14.5. The lowest BCUT2D eigenvalue weighted by Crippen LogP contribution is -2.25. The molecule has 0 aliphatic heterocycles. The average molecular weight is 285 g/mol. The minimum atomic E-state index is -3.50. The van der Waals surface area contributed by atoms with Crippen molar-refractivity contribution in [1.29, 1.82) is 0 Å². The van der Waals surface area contributed by atoms with Gasteiger partial charge >= 0.3 is 5.97 Å². The van der Waals surface area contributed by atoms with E-state index in [9.17, 15) is 13.2 Å². The van der Waals surface area contributed by atoms with E-state index in [-0.39, 0.29) is 11.4 Å². The van der Waals surface area contributed by atoms with E-state index < -0.39 is 21.9 Å². The second-order valence-corrected chi connectivity index (χ2v) is 6.36. The van der Waals surface area contributed by atoms with Gasteiger partial charge < -0.3 is 5.11 Å². The zero-order valence-corrected chi connectivity index (χ0v) is 11.9. The van der Waals surface area contributed by atoms with Crippen molar-refractivity contribution in [3.63, 3.8) is 0 Å². The van der Waals surface area contributed by atoms with Crippen LogP contribution in [0.4, 0.5) is 0 Å². The Morgan fingerprint density at radius 2 is 2.11 bits per heavy atom. The monoisotopic (exact) mass is 285 g/mol. The summed E-state index contributed by atoms with van der Waals surface area (Å²) in [6.45, 7) is 3.68. The first-order valence-electron chi connectivity index (χ1n) is 6.12. The average Bonchev–Trinajstić information content (AvgIpc) is 2.34. The number of nitrogens with one attached hydrogen (secondary N) is 1. The van der Waals surface area contributed by atoms with Crippen LogP contribution in [0.5, 0.6) is 0 Å². The molecule has 6 heteroatoms. The maximum atomic E-state index is 11.9. The van der Waals surface area contributed by atoms with E-state index in [0.717, 1.165) is 5.56 Å². The quantitative estimate of drug-likeness (QED) is 0.748. The van der Waals surface area contributed by atoms with E-state index in [1.54, 1.807) is 19.1 Å². The van der Waals surface area contributed by atoms with Gasteiger partial charge in [-0.25, -0.2) is 13.1 Å². The van der Waals surface area contributed by atoms with Crippen molar-refractivity contribution in [1.82, 2.24) is 4.72 Å². The first kappa shape index (κ1) is 15.7. The molecule has 0 bridgehead atoms. The lowest BCUT2D eigenvalue weighted by Gasteiger charge is -2.08. The van der Waals surface area contributed by atoms with Gasteiger partial charge in [0.05, 0.1) is 10.8 Å². The lowest BCUT2D eigenvalue weighted by atomic mass is 10.1. The molecule has 0 saturated carbocycles. The Balaban J connectivity index is 2.50. The molecule has 1 aromatic rings. The zero-order valence-electron chi connectivity index (χ0n) is 11.1. The fourth-order valence-electron chi connectivity index (χ4n) is 1.60. The van der Waals surface area contributed by atoms with Gasteiger partial charge in [0.2, 0.25) is 10.0 Å². The molecular formula is C13H19NO4S. The number of hydrogen-bond donors (Lipinski definition) is 2. The third kappa shape index (κ3) is 5.00. The van der Waals surface area contributed by atoms with Crippen molar-refractivity contribution >= 4 is 16.0 Å². The highest BCUT2D eigenvalue weighted by atomic mass is 32.2. The first-order valence-corrected chi connectivity index (χ1v) is 7.60. The van der Waals surface area contributed by atoms with Crippen LogP contribution in [0, 0.1) is 12.8 Å². The summed E-state index contributed by atoms with van der Waals surface area (Å²) in [5.74, 6) is -1.31. The topological polar surface area (TPSA) is 83.5 Å². The lowest BCUT2D eigenvalue weighted by molar-refractivity contribution is -0.141. The molecule has 0 aromatic heterocycles. The van der Waals surface area contributed by atoms with Gasteiger partial charge in [-0.2, -0.15) is 0 Å². The highest BCUT2D eigenvalue weighted by molar-refractivity contribution is 7.89. The highest BCUT2D eigenvalue weighted by Gasteiger charge is 2.14. The number of rotatable bonds is 7. The largest absolute Gasteiger partial charge is 0.481 e. The van der Waals surface area contributed by atoms with Gasteiger partial charge in [-0.3, -0.25) is 4.79 Å². The summed E-state index contributed by atoms with van der Waals surface area (Å²) in [5.41, 5.74) is 0.877. The SMILES string of the molecule is Cc1cccc(S(=O)(=O)NCCCC(C)C(=O)O)c1. The Morgan fingerprint density at radius 3 is 2.68 bits per heavy atom. The number of carbonyl (C=O) groups is 1. The van der Waals surface area contributed by atoms with E-state index in [1.165, 1.54) is 6.07 Å². The van der Waals surface area contributed by atoms with Gasteiger partial charge in [0.15, 0.2) is 0 Å². The van der Waals surface area contributed by atoms with Crippen molar-refractivity contribution in [2.45, 2.75) is 31.6 Å². The van der Waals surface area contributed by atoms with Crippen molar-refractivity contribution in [2.75, 3.05) is 6.54 Å². The third-order valence-corrected chi connectivity index (χ3v) is 4.29. The molecule has 5 nitrogen and oxygen atoms in total. The summed E-state index contributed by atoms with van der Waals surface area (Å²) in [6.07, 6.45) is 0.949. The fourth-order valence-corrected chi connectivity index (χ4v) is 2.78. The molecule has 2 N–H and O–H groups in total. The van der Waals surface area contributed by atoms with E-state index in [0.29, 0.717) is 12.8 Å². The van der Waals surface area contributed by atoms with Crippen molar-refractivity contribution in [3.8, 4) is 0 Å². The molecule has 0 heterocycles. The summed E-state index contributed by atoms with van der Waals surface area (Å²) < 4.78 is 26.3. The van der Waals surface area contributed by atoms with Gasteiger partial charge in [-0.05, 0) is 37.5 Å². The normalized spacial score (nSPS) is 13.2. The number of sulfonamides is 1. The van der Waals surface area contributed by atoms with E-state index in [4.69, 9.17) is 5.11 Å². The smallest absolute Gasteiger partial charge is 0.306 e. The van der Waals surface area contributed by atoms with Crippen LogP contribution in [0.2, 0.25) is 0 Å². The van der Waals surface area contributed by atoms with E-state index >= 15 is 0 Å². The summed E-state index contributed by atoms with van der Waals surface area (Å²) in [6, 6.07) is 6.65. The molecular weight excluding hydrogens is 266 g/mol. The Hall–Kier alpha value is -1.40. The van der Waals surface area contributed by atoms with Crippen LogP contribution in [0.15, 0.2) is 29.2 Å². The molecule has 1 rings (SSSR count). The molecule has 1 aromatic carbocycles. The fraction of sp³-hybridized carbons (Fsp3) is 0.462. The van der Waals surface area contributed by atoms with Crippen molar-refractivity contribution in [3.05, 3.63) is 29.8 Å². The Bertz CT molecular complexity index is 539. The molecule has 0 radical (unpaired) electrons. The van der Waals surface area contributed by atoms with Crippen LogP contribution in [-0.2, 0) is 14.8 Å². The second-order valence-electron chi connectivity index (χ2n) is 4.60. The number of carboxylic acids is 1. The van der Waals surface area contributed by atoms with E-state index in [1.807, 2.05) is 13.0 Å². The predicted molar refractivity (Wildman–Crippen MR) is 72.4 cm³/mol. The van der Waals surface area contributed by atoms with Gasteiger partial charge in [0.25, 0.3) is 0 Å². The Labute approximate surface area is 113 Å². The van der Waals surface area contributed by atoms with Crippen LogP contribution < -0.4 is 4.72 Å². The minimum Gasteiger partial charge on any atom is -0.481 e. The predicted octanol–water partition coefficient (Wildman–Crippen LogP) is 1.77. The molecule has 0 aliphatic carbocycles. The van der Waals surface area contributed by atoms with Crippen LogP contribution >= 0.6 is 0 Å². The molecule has 106 valence electrons. The first-order chi connectivity index (χ1) is 8.83. The number of benzene rings is 1. The van der Waals surface area contributed by atoms with Gasteiger partial charge in [0.1, 0.15) is 0 Å². The third-order valence-electron chi connectivity index (χ3n) is 2.83. The number of carboxylic acid groups (broad SMARTS) is 1. The summed E-state index contributed by atoms with van der Waals surface area (Å²) in [7, 11) is -3.50. The standard InChI is InChI=1S/C13H19NO4S/c1-10-5-3-7-12(9-10)19(17,18)14-8-4-6-11(2)13(15)16/h3,5,7,9,11,14H,4,6,8H2,1-2H3,(H,15,16). The summed E-state index contributed by atoms with van der Waals surface area (Å²) in [4.78, 5) is 10.8. The maximum Gasteiger partial charge on any atom is 0.306 e. The van der Waals surface area contributed by atoms with Gasteiger partial charge in [-0.15, -0.1) is 0 Å². The summed E-state index contributed by atoms with van der Waals surface area (Å²) in [5, 5.41) is 8.71. The highest BCUT2D eigenvalue weighted by Crippen LogP contribution is 2.11. The summed E-state index contributed by atoms with van der Waals surface area (Å²) >= 11 is 0. The molecule has 1 atom stereocenters. The molecule has 0 spiro atoms. The molecule has 0 saturated heterocycles. The van der Waals surface area contributed by atoms with Crippen molar-refractivity contribution < 1.29 is 18.3 Å². The molecule has 0 aliphatic rings. The minimum absolute atomic E-state index is 0.235. The molecule has 0 fully saturated rings. The van der Waals surface area contributed by atoms with Crippen LogP contribution in [-0.4, -0.2) is 26.0 Å². The molecule has 1 unspecified atom stereocenters.